The van der Waals surface area contributed by atoms with Crippen molar-refractivity contribution in [3.05, 3.63) is 40.4 Å². The number of benzene rings is 1. The molecule has 0 saturated heterocycles. The van der Waals surface area contributed by atoms with Gasteiger partial charge in [-0.3, -0.25) is 9.59 Å². The number of aromatic amines is 1. The van der Waals surface area contributed by atoms with Gasteiger partial charge in [-0.05, 0) is 18.1 Å². The number of para-hydroxylation sites is 1. The summed E-state index contributed by atoms with van der Waals surface area (Å²) in [5.74, 6) is 0.246. The van der Waals surface area contributed by atoms with E-state index in [1.165, 1.54) is 18.9 Å². The fourth-order valence-corrected chi connectivity index (χ4v) is 2.98. The number of carbonyl (C=O) groups is 2. The first-order valence-electron chi connectivity index (χ1n) is 7.85. The van der Waals surface area contributed by atoms with Crippen molar-refractivity contribution in [2.24, 2.45) is 5.92 Å². The molecule has 2 rings (SSSR count). The molecule has 1 amide bonds. The molecule has 7 nitrogen and oxygen atoms in total. The molecule has 0 fully saturated rings. The van der Waals surface area contributed by atoms with E-state index in [2.05, 4.69) is 15.3 Å². The van der Waals surface area contributed by atoms with Crippen molar-refractivity contribution in [2.75, 3.05) is 12.9 Å². The summed E-state index contributed by atoms with van der Waals surface area (Å²) in [5.41, 5.74) is 0.424. The molecule has 0 aliphatic heterocycles. The van der Waals surface area contributed by atoms with Crippen molar-refractivity contribution in [3.8, 4) is 0 Å². The summed E-state index contributed by atoms with van der Waals surface area (Å²) in [6.45, 7) is 3.66. The van der Waals surface area contributed by atoms with E-state index in [9.17, 15) is 14.4 Å². The Morgan fingerprint density at radius 2 is 2.04 bits per heavy atom. The van der Waals surface area contributed by atoms with Crippen LogP contribution >= 0.6 is 11.8 Å². The van der Waals surface area contributed by atoms with Gasteiger partial charge in [-0.25, -0.2) is 9.78 Å². The van der Waals surface area contributed by atoms with E-state index < -0.39 is 12.0 Å². The number of thioether (sulfide) groups is 1. The second-order valence-corrected chi connectivity index (χ2v) is 6.82. The van der Waals surface area contributed by atoms with Crippen molar-refractivity contribution < 1.29 is 14.3 Å². The number of fused-ring (bicyclic) bond motifs is 1. The predicted molar refractivity (Wildman–Crippen MR) is 97.3 cm³/mol. The van der Waals surface area contributed by atoms with Crippen LogP contribution in [0.15, 0.2) is 29.1 Å². The Morgan fingerprint density at radius 1 is 1.32 bits per heavy atom. The highest BCUT2D eigenvalue weighted by atomic mass is 32.2. The second kappa shape index (κ2) is 8.66. The van der Waals surface area contributed by atoms with Crippen LogP contribution in [0.1, 0.15) is 19.7 Å². The van der Waals surface area contributed by atoms with Crippen LogP contribution in [0.25, 0.3) is 10.9 Å². The Balaban J connectivity index is 1.93. The summed E-state index contributed by atoms with van der Waals surface area (Å²) >= 11 is 1.31. The standard InChI is InChI=1S/C17H21N3O4S/c1-10(2)15(17(23)24-3)20-14(21)9-25-8-13-18-12-7-5-4-6-11(12)16(22)19-13/h4-7,10,15H,8-9H2,1-3H3,(H,20,21)(H,18,19,22)/t15-/m0/s1. The summed E-state index contributed by atoms with van der Waals surface area (Å²) in [6.07, 6.45) is 0. The van der Waals surface area contributed by atoms with Gasteiger partial charge in [-0.2, -0.15) is 0 Å². The molecule has 0 saturated carbocycles. The molecule has 1 aromatic heterocycles. The third-order valence-electron chi connectivity index (χ3n) is 3.57. The van der Waals surface area contributed by atoms with E-state index in [1.54, 1.807) is 18.2 Å². The van der Waals surface area contributed by atoms with E-state index >= 15 is 0 Å². The zero-order valence-corrected chi connectivity index (χ0v) is 15.2. The Labute approximate surface area is 149 Å². The third kappa shape index (κ3) is 5.06. The monoisotopic (exact) mass is 363 g/mol. The van der Waals surface area contributed by atoms with Gasteiger partial charge in [-0.1, -0.05) is 26.0 Å². The topological polar surface area (TPSA) is 101 Å². The molecule has 0 spiro atoms. The normalized spacial score (nSPS) is 12.2. The summed E-state index contributed by atoms with van der Waals surface area (Å²) in [4.78, 5) is 42.8. The molecule has 1 atom stereocenters. The van der Waals surface area contributed by atoms with Crippen LogP contribution in [-0.2, 0) is 20.1 Å². The van der Waals surface area contributed by atoms with Gasteiger partial charge < -0.3 is 15.0 Å². The first-order chi connectivity index (χ1) is 11.9. The minimum atomic E-state index is -0.670. The van der Waals surface area contributed by atoms with Crippen LogP contribution in [-0.4, -0.2) is 40.7 Å². The number of H-pyrrole nitrogens is 1. The third-order valence-corrected chi connectivity index (χ3v) is 4.52. The summed E-state index contributed by atoms with van der Waals surface area (Å²) < 4.78 is 4.69. The number of nitrogens with one attached hydrogen (secondary N) is 2. The Morgan fingerprint density at radius 3 is 2.72 bits per heavy atom. The zero-order valence-electron chi connectivity index (χ0n) is 14.4. The highest BCUT2D eigenvalue weighted by molar-refractivity contribution is 7.99. The maximum atomic E-state index is 12.0. The average Bonchev–Trinajstić information content (AvgIpc) is 2.59. The molecule has 8 heteroatoms. The molecule has 0 aliphatic rings. The van der Waals surface area contributed by atoms with Gasteiger partial charge in [0.25, 0.3) is 5.56 Å². The zero-order chi connectivity index (χ0) is 18.4. The summed E-state index contributed by atoms with van der Waals surface area (Å²) in [5, 5.41) is 3.20. The quantitative estimate of drug-likeness (QED) is 0.723. The van der Waals surface area contributed by atoms with Crippen molar-refractivity contribution in [1.29, 1.82) is 0 Å². The minimum absolute atomic E-state index is 0.0695. The number of rotatable bonds is 7. The van der Waals surface area contributed by atoms with Crippen molar-refractivity contribution in [2.45, 2.75) is 25.6 Å². The average molecular weight is 363 g/mol. The molecular weight excluding hydrogens is 342 g/mol. The maximum absolute atomic E-state index is 12.0. The molecule has 25 heavy (non-hydrogen) atoms. The molecule has 0 aliphatic carbocycles. The van der Waals surface area contributed by atoms with E-state index in [0.717, 1.165) is 0 Å². The van der Waals surface area contributed by atoms with Gasteiger partial charge in [-0.15, -0.1) is 11.8 Å². The molecule has 0 radical (unpaired) electrons. The van der Waals surface area contributed by atoms with E-state index in [4.69, 9.17) is 4.74 Å². The Kier molecular flexibility index (Phi) is 6.58. The molecule has 0 unspecified atom stereocenters. The number of aromatic nitrogens is 2. The predicted octanol–water partition coefficient (Wildman–Crippen LogP) is 1.47. The minimum Gasteiger partial charge on any atom is -0.467 e. The lowest BCUT2D eigenvalue weighted by molar-refractivity contribution is -0.146. The van der Waals surface area contributed by atoms with Crippen LogP contribution in [0.2, 0.25) is 0 Å². The number of esters is 1. The highest BCUT2D eigenvalue weighted by Crippen LogP contribution is 2.11. The molecule has 0 bridgehead atoms. The lowest BCUT2D eigenvalue weighted by atomic mass is 10.1. The molecule has 1 aromatic carbocycles. The number of methoxy groups -OCH3 is 1. The van der Waals surface area contributed by atoms with E-state index in [0.29, 0.717) is 22.5 Å². The largest absolute Gasteiger partial charge is 0.467 e. The number of hydrogen-bond donors (Lipinski definition) is 2. The fraction of sp³-hybridized carbons (Fsp3) is 0.412. The molecule has 134 valence electrons. The highest BCUT2D eigenvalue weighted by Gasteiger charge is 2.24. The van der Waals surface area contributed by atoms with Crippen LogP contribution in [0.4, 0.5) is 0 Å². The number of carbonyl (C=O) groups excluding carboxylic acids is 2. The molecular formula is C17H21N3O4S. The fourth-order valence-electron chi connectivity index (χ4n) is 2.28. The van der Waals surface area contributed by atoms with Gasteiger partial charge in [0, 0.05) is 0 Å². The Hall–Kier alpha value is -2.35. The van der Waals surface area contributed by atoms with Gasteiger partial charge >= 0.3 is 5.97 Å². The summed E-state index contributed by atoms with van der Waals surface area (Å²) in [7, 11) is 1.29. The number of hydrogen-bond acceptors (Lipinski definition) is 6. The Bertz CT molecular complexity index is 819. The van der Waals surface area contributed by atoms with Crippen molar-refractivity contribution in [1.82, 2.24) is 15.3 Å². The molecule has 2 N–H and O–H groups in total. The lowest BCUT2D eigenvalue weighted by Gasteiger charge is -2.19. The molecule has 1 heterocycles. The number of amides is 1. The summed E-state index contributed by atoms with van der Waals surface area (Å²) in [6, 6.07) is 6.42. The van der Waals surface area contributed by atoms with Crippen LogP contribution < -0.4 is 10.9 Å². The SMILES string of the molecule is COC(=O)[C@@H](NC(=O)CSCc1nc2ccccc2c(=O)[nH]1)C(C)C. The van der Waals surface area contributed by atoms with Gasteiger partial charge in [0.15, 0.2) is 0 Å². The maximum Gasteiger partial charge on any atom is 0.328 e. The van der Waals surface area contributed by atoms with E-state index in [1.807, 2.05) is 19.9 Å². The first-order valence-corrected chi connectivity index (χ1v) is 9.00. The van der Waals surface area contributed by atoms with Crippen molar-refractivity contribution >= 4 is 34.5 Å². The van der Waals surface area contributed by atoms with E-state index in [-0.39, 0.29) is 23.1 Å². The number of nitrogens with zero attached hydrogens (tertiary/aromatic N) is 1. The molecule has 2 aromatic rings. The van der Waals surface area contributed by atoms with Crippen LogP contribution in [0.3, 0.4) is 0 Å². The van der Waals surface area contributed by atoms with Gasteiger partial charge in [0.05, 0.1) is 29.5 Å². The lowest BCUT2D eigenvalue weighted by Crippen LogP contribution is -2.45. The van der Waals surface area contributed by atoms with Crippen molar-refractivity contribution in [3.63, 3.8) is 0 Å². The van der Waals surface area contributed by atoms with Crippen LogP contribution in [0, 0.1) is 5.92 Å². The number of ether oxygens (including phenoxy) is 1. The first kappa shape index (κ1) is 19.0. The van der Waals surface area contributed by atoms with Gasteiger partial charge in [0.2, 0.25) is 5.91 Å². The smallest absolute Gasteiger partial charge is 0.328 e. The second-order valence-electron chi connectivity index (χ2n) is 5.83. The van der Waals surface area contributed by atoms with Gasteiger partial charge in [0.1, 0.15) is 11.9 Å². The van der Waals surface area contributed by atoms with Crippen LogP contribution in [0.5, 0.6) is 0 Å².